The molecule has 1 aromatic heterocycles. The van der Waals surface area contributed by atoms with Crippen molar-refractivity contribution < 1.29 is 32.6 Å². The van der Waals surface area contributed by atoms with Crippen molar-refractivity contribution in [1.82, 2.24) is 20.7 Å². The second kappa shape index (κ2) is 13.4. The first-order valence-corrected chi connectivity index (χ1v) is 12.6. The minimum Gasteiger partial charge on any atom is -0.443 e. The minimum absolute atomic E-state index is 0.0666. The molecule has 2 unspecified atom stereocenters. The van der Waals surface area contributed by atoms with Gasteiger partial charge in [0, 0.05) is 24.8 Å². The monoisotopic (exact) mass is 558 g/mol. The molecule has 11 heteroatoms. The summed E-state index contributed by atoms with van der Waals surface area (Å²) >= 11 is 0. The number of nitrogens with zero attached hydrogens (tertiary/aromatic N) is 2. The van der Waals surface area contributed by atoms with Crippen LogP contribution in [-0.2, 0) is 22.5 Å². The number of benzene rings is 2. The molecule has 0 aliphatic rings. The van der Waals surface area contributed by atoms with E-state index in [-0.39, 0.29) is 19.5 Å². The van der Waals surface area contributed by atoms with Crippen LogP contribution in [0.25, 0.3) is 11.3 Å². The fourth-order valence-corrected chi connectivity index (χ4v) is 3.87. The van der Waals surface area contributed by atoms with E-state index in [0.29, 0.717) is 5.56 Å². The normalized spacial score (nSPS) is 13.4. The molecular weight excluding hydrogens is 525 g/mol. The molecule has 0 spiro atoms. The number of ether oxygens (including phenoxy) is 1. The molecule has 3 aromatic rings. The van der Waals surface area contributed by atoms with E-state index in [2.05, 4.69) is 10.4 Å². The van der Waals surface area contributed by atoms with E-state index in [4.69, 9.17) is 4.74 Å². The third kappa shape index (κ3) is 9.97. The molecule has 1 heterocycles. The zero-order valence-corrected chi connectivity index (χ0v) is 22.5. The highest BCUT2D eigenvalue weighted by molar-refractivity contribution is 5.82. The molecule has 214 valence electrons. The van der Waals surface area contributed by atoms with Crippen LogP contribution in [0.2, 0.25) is 0 Å². The molecule has 40 heavy (non-hydrogen) atoms. The molecule has 2 aromatic carbocycles. The predicted octanol–water partition coefficient (Wildman–Crippen LogP) is 4.64. The number of rotatable bonds is 10. The Morgan fingerprint density at radius 2 is 1.60 bits per heavy atom. The lowest BCUT2D eigenvalue weighted by Crippen LogP contribution is -2.55. The van der Waals surface area contributed by atoms with Crippen molar-refractivity contribution in [3.8, 4) is 11.3 Å². The molecule has 3 N–H and O–H groups in total. The van der Waals surface area contributed by atoms with Crippen LogP contribution >= 0.6 is 0 Å². The maximum atomic E-state index is 13.1. The highest BCUT2D eigenvalue weighted by atomic mass is 19.4. The zero-order chi connectivity index (χ0) is 29.3. The number of carbonyl (C=O) groups is 2. The van der Waals surface area contributed by atoms with Gasteiger partial charge in [0.05, 0.1) is 17.8 Å². The smallest absolute Gasteiger partial charge is 0.443 e. The molecule has 2 amide bonds. The van der Waals surface area contributed by atoms with E-state index in [1.165, 1.54) is 5.01 Å². The lowest BCUT2D eigenvalue weighted by atomic mass is 10.0. The minimum atomic E-state index is -5.13. The number of aliphatic hydroxyl groups is 1. The van der Waals surface area contributed by atoms with Crippen LogP contribution in [0.1, 0.15) is 31.9 Å². The number of carbonyl (C=O) groups excluding carboxylic acids is 2. The molecule has 0 aliphatic carbocycles. The number of hydrogen-bond donors (Lipinski definition) is 3. The lowest BCUT2D eigenvalue weighted by molar-refractivity contribution is -0.175. The van der Waals surface area contributed by atoms with Crippen LogP contribution in [0.4, 0.5) is 18.0 Å². The van der Waals surface area contributed by atoms with Gasteiger partial charge in [-0.3, -0.25) is 15.2 Å². The van der Waals surface area contributed by atoms with E-state index < -0.39 is 35.9 Å². The number of nitrogens with one attached hydrogen (secondary N) is 2. The van der Waals surface area contributed by atoms with Gasteiger partial charge in [-0.1, -0.05) is 60.7 Å². The van der Waals surface area contributed by atoms with E-state index in [1.807, 2.05) is 47.8 Å². The molecule has 0 saturated heterocycles. The Labute approximate surface area is 231 Å². The summed E-state index contributed by atoms with van der Waals surface area (Å²) in [7, 11) is 0. The quantitative estimate of drug-likeness (QED) is 0.313. The third-order valence-corrected chi connectivity index (χ3v) is 5.68. The van der Waals surface area contributed by atoms with Gasteiger partial charge in [0.1, 0.15) is 5.60 Å². The number of aromatic nitrogens is 1. The number of hydrazine groups is 1. The van der Waals surface area contributed by atoms with Gasteiger partial charge in [0.2, 0.25) is 0 Å². The van der Waals surface area contributed by atoms with Crippen molar-refractivity contribution in [2.75, 3.05) is 6.54 Å². The Morgan fingerprint density at radius 1 is 0.950 bits per heavy atom. The highest BCUT2D eigenvalue weighted by Gasteiger charge is 2.41. The number of amides is 2. The molecule has 8 nitrogen and oxygen atoms in total. The molecule has 0 saturated carbocycles. The fourth-order valence-electron chi connectivity index (χ4n) is 3.87. The first-order valence-electron chi connectivity index (χ1n) is 12.6. The average molecular weight is 559 g/mol. The highest BCUT2D eigenvalue weighted by Crippen LogP contribution is 2.19. The molecule has 0 radical (unpaired) electrons. The number of halogens is 3. The van der Waals surface area contributed by atoms with Crippen molar-refractivity contribution in [2.45, 2.75) is 57.7 Å². The van der Waals surface area contributed by atoms with Gasteiger partial charge in [-0.15, -0.1) is 0 Å². The fraction of sp³-hybridized carbons (Fsp3) is 0.345. The molecular formula is C29H33F3N4O4. The predicted molar refractivity (Wildman–Crippen MR) is 144 cm³/mol. The summed E-state index contributed by atoms with van der Waals surface area (Å²) in [6.07, 6.45) is -5.81. The van der Waals surface area contributed by atoms with Crippen LogP contribution in [0.15, 0.2) is 79.0 Å². The molecule has 0 fully saturated rings. The number of aliphatic hydroxyl groups excluding tert-OH is 1. The Hall–Kier alpha value is -3.96. The van der Waals surface area contributed by atoms with Crippen molar-refractivity contribution in [3.05, 3.63) is 90.1 Å². The largest absolute Gasteiger partial charge is 0.471 e. The van der Waals surface area contributed by atoms with Gasteiger partial charge >= 0.3 is 18.2 Å². The summed E-state index contributed by atoms with van der Waals surface area (Å²) in [5.41, 5.74) is 4.76. The van der Waals surface area contributed by atoms with Crippen molar-refractivity contribution in [1.29, 1.82) is 0 Å². The van der Waals surface area contributed by atoms with Gasteiger partial charge in [0.25, 0.3) is 0 Å². The average Bonchev–Trinajstić information content (AvgIpc) is 2.88. The molecule has 2 atom stereocenters. The van der Waals surface area contributed by atoms with Gasteiger partial charge in [-0.05, 0) is 50.5 Å². The summed E-state index contributed by atoms with van der Waals surface area (Å²) in [6, 6.07) is 20.1. The molecule has 3 rings (SSSR count). The van der Waals surface area contributed by atoms with E-state index in [0.717, 1.165) is 16.8 Å². The summed E-state index contributed by atoms with van der Waals surface area (Å²) < 4.78 is 44.5. The van der Waals surface area contributed by atoms with Crippen LogP contribution in [0, 0.1) is 0 Å². The van der Waals surface area contributed by atoms with Crippen molar-refractivity contribution >= 4 is 12.0 Å². The van der Waals surface area contributed by atoms with E-state index in [1.54, 1.807) is 57.3 Å². The third-order valence-electron chi connectivity index (χ3n) is 5.68. The van der Waals surface area contributed by atoms with Crippen LogP contribution in [0.5, 0.6) is 0 Å². The molecule has 0 bridgehead atoms. The first kappa shape index (κ1) is 30.6. The lowest BCUT2D eigenvalue weighted by Gasteiger charge is -2.31. The standard InChI is InChI=1S/C29H33F3N4O4/c1-28(2,3)40-27(39)35-36(18-21-12-14-22(15-13-21)23-11-7-8-16-33-23)19-25(37)24(34-26(38)29(30,31)32)17-20-9-5-4-6-10-20/h4-16,24-25,37H,17-19H2,1-3H3,(H,34,38)(H,35,39). The summed E-state index contributed by atoms with van der Waals surface area (Å²) in [5, 5.41) is 14.3. The van der Waals surface area contributed by atoms with Crippen molar-refractivity contribution in [2.24, 2.45) is 0 Å². The number of pyridine rings is 1. The number of alkyl halides is 3. The maximum absolute atomic E-state index is 13.1. The second-order valence-electron chi connectivity index (χ2n) is 10.2. The SMILES string of the molecule is CC(C)(C)OC(=O)NN(Cc1ccc(-c2ccccn2)cc1)CC(O)C(Cc1ccccc1)NC(=O)C(F)(F)F. The van der Waals surface area contributed by atoms with Crippen LogP contribution in [-0.4, -0.2) is 57.6 Å². The number of hydrogen-bond acceptors (Lipinski definition) is 6. The second-order valence-corrected chi connectivity index (χ2v) is 10.2. The molecule has 0 aliphatic heterocycles. The van der Waals surface area contributed by atoms with Gasteiger partial charge in [-0.2, -0.15) is 13.2 Å². The van der Waals surface area contributed by atoms with E-state index >= 15 is 0 Å². The van der Waals surface area contributed by atoms with E-state index in [9.17, 15) is 27.9 Å². The Balaban J connectivity index is 1.81. The Morgan fingerprint density at radius 3 is 2.17 bits per heavy atom. The van der Waals surface area contributed by atoms with Crippen molar-refractivity contribution in [3.63, 3.8) is 0 Å². The van der Waals surface area contributed by atoms with Crippen LogP contribution < -0.4 is 10.7 Å². The summed E-state index contributed by atoms with van der Waals surface area (Å²) in [6.45, 7) is 4.83. The van der Waals surface area contributed by atoms with Gasteiger partial charge in [0.15, 0.2) is 0 Å². The topological polar surface area (TPSA) is 104 Å². The Kier molecular flexibility index (Phi) is 10.2. The summed E-state index contributed by atoms with van der Waals surface area (Å²) in [5.74, 6) is -2.16. The zero-order valence-electron chi connectivity index (χ0n) is 22.5. The van der Waals surface area contributed by atoms with Gasteiger partial charge < -0.3 is 15.2 Å². The maximum Gasteiger partial charge on any atom is 0.471 e. The first-order chi connectivity index (χ1) is 18.8. The Bertz CT molecular complexity index is 1230. The summed E-state index contributed by atoms with van der Waals surface area (Å²) in [4.78, 5) is 28.7. The van der Waals surface area contributed by atoms with Gasteiger partial charge in [-0.25, -0.2) is 9.80 Å². The van der Waals surface area contributed by atoms with Crippen LogP contribution in [0.3, 0.4) is 0 Å².